The quantitative estimate of drug-likeness (QED) is 0.264. The maximum absolute atomic E-state index is 13.4. The van der Waals surface area contributed by atoms with E-state index in [0.29, 0.717) is 28.0 Å². The van der Waals surface area contributed by atoms with Gasteiger partial charge in [0.1, 0.15) is 28.5 Å². The lowest BCUT2D eigenvalue weighted by molar-refractivity contribution is -0.203. The highest BCUT2D eigenvalue weighted by Crippen LogP contribution is 2.32. The van der Waals surface area contributed by atoms with Crippen LogP contribution in [-0.2, 0) is 6.42 Å². The molecular weight excluding hydrogens is 485 g/mol. The zero-order valence-electron chi connectivity index (χ0n) is 17.7. The Balaban J connectivity index is 1.49. The Hall–Kier alpha value is -3.89. The van der Waals surface area contributed by atoms with E-state index < -0.39 is 24.5 Å². The molecule has 5 aromatic rings. The number of para-hydroxylation sites is 1. The third-order valence-corrected chi connectivity index (χ3v) is 5.69. The number of aliphatic hydroxyl groups is 1. The number of aliphatic hydroxyl groups excluding tert-OH is 1. The van der Waals surface area contributed by atoms with Crippen molar-refractivity contribution in [2.75, 3.05) is 0 Å². The second kappa shape index (κ2) is 8.71. The Morgan fingerprint density at radius 3 is 2.60 bits per heavy atom. The molecule has 0 saturated carbocycles. The molecule has 1 atom stereocenters. The number of rotatable bonds is 6. The van der Waals surface area contributed by atoms with E-state index in [9.17, 15) is 23.1 Å². The molecule has 0 bridgehead atoms. The van der Waals surface area contributed by atoms with Crippen molar-refractivity contribution in [1.29, 1.82) is 0 Å². The number of alkyl halides is 3. The number of ether oxygens (including phenoxy) is 1. The molecule has 3 aromatic heterocycles. The number of imidazole rings is 1. The van der Waals surface area contributed by atoms with Gasteiger partial charge < -0.3 is 19.8 Å². The van der Waals surface area contributed by atoms with Gasteiger partial charge in [-0.2, -0.15) is 13.2 Å². The lowest BCUT2D eigenvalue weighted by atomic mass is 10.0. The first-order valence-electron chi connectivity index (χ1n) is 10.4. The van der Waals surface area contributed by atoms with Crippen LogP contribution in [0.5, 0.6) is 11.5 Å². The number of ketones is 1. The zero-order valence-corrected chi connectivity index (χ0v) is 18.5. The van der Waals surface area contributed by atoms with E-state index in [1.165, 1.54) is 24.5 Å². The van der Waals surface area contributed by atoms with E-state index in [1.807, 2.05) is 18.2 Å². The monoisotopic (exact) mass is 500 g/mol. The summed E-state index contributed by atoms with van der Waals surface area (Å²) in [4.78, 5) is 27.4. The molecule has 0 saturated heterocycles. The first kappa shape index (κ1) is 22.9. The van der Waals surface area contributed by atoms with E-state index >= 15 is 0 Å². The number of hydrogen-bond acceptors (Lipinski definition) is 5. The molecule has 0 spiro atoms. The number of H-pyrrole nitrogens is 2. The van der Waals surface area contributed by atoms with Crippen LogP contribution in [-0.4, -0.2) is 43.1 Å². The van der Waals surface area contributed by atoms with E-state index in [4.69, 9.17) is 16.3 Å². The van der Waals surface area contributed by atoms with Crippen molar-refractivity contribution in [1.82, 2.24) is 19.9 Å². The van der Waals surface area contributed by atoms with Gasteiger partial charge in [0.2, 0.25) is 0 Å². The van der Waals surface area contributed by atoms with Crippen LogP contribution in [0.2, 0.25) is 5.02 Å². The summed E-state index contributed by atoms with van der Waals surface area (Å²) in [5.74, 6) is 0.541. The summed E-state index contributed by atoms with van der Waals surface area (Å²) >= 11 is 6.40. The minimum absolute atomic E-state index is 0.0841. The zero-order chi connectivity index (χ0) is 24.7. The standard InChI is InChI=1S/C24H16ClF3N4O3/c25-16-8-13(35-12-4-2-1-3-5-12)6-7-14(16)22(34)15-10-29-23-20(15)21-17(11-30-23)31-19(32-21)9-18(33)24(26,27)28/h1-8,10-11,18,33H,9H2,(H,29,30)(H,31,32). The van der Waals surface area contributed by atoms with Crippen LogP contribution in [0.15, 0.2) is 60.9 Å². The number of hydrogen-bond donors (Lipinski definition) is 3. The maximum Gasteiger partial charge on any atom is 0.414 e. The molecule has 0 aliphatic carbocycles. The van der Waals surface area contributed by atoms with Crippen LogP contribution in [0.4, 0.5) is 13.2 Å². The van der Waals surface area contributed by atoms with Crippen molar-refractivity contribution < 1.29 is 27.8 Å². The molecule has 35 heavy (non-hydrogen) atoms. The van der Waals surface area contributed by atoms with Crippen molar-refractivity contribution in [3.05, 3.63) is 82.9 Å². The Bertz CT molecular complexity index is 1550. The second-order valence-corrected chi connectivity index (χ2v) is 8.18. The van der Waals surface area contributed by atoms with Crippen molar-refractivity contribution in [2.24, 2.45) is 0 Å². The number of halogens is 4. The largest absolute Gasteiger partial charge is 0.457 e. The molecule has 3 heterocycles. The summed E-state index contributed by atoms with van der Waals surface area (Å²) in [6.45, 7) is 0. The highest BCUT2D eigenvalue weighted by molar-refractivity contribution is 6.36. The van der Waals surface area contributed by atoms with Gasteiger partial charge in [0.05, 0.1) is 27.7 Å². The molecular formula is C24H16ClF3N4O3. The van der Waals surface area contributed by atoms with Crippen LogP contribution >= 0.6 is 11.6 Å². The lowest BCUT2D eigenvalue weighted by Crippen LogP contribution is -2.30. The minimum atomic E-state index is -4.78. The number of fused-ring (bicyclic) bond motifs is 3. The van der Waals surface area contributed by atoms with Crippen LogP contribution in [0.3, 0.4) is 0 Å². The average molecular weight is 501 g/mol. The predicted octanol–water partition coefficient (Wildman–Crippen LogP) is 5.58. The average Bonchev–Trinajstić information content (AvgIpc) is 3.42. The maximum atomic E-state index is 13.4. The Kier molecular flexibility index (Phi) is 5.70. The number of carbonyl (C=O) groups is 1. The van der Waals surface area contributed by atoms with Crippen LogP contribution in [0.25, 0.3) is 22.1 Å². The number of nitrogens with one attached hydrogen (secondary N) is 2. The lowest BCUT2D eigenvalue weighted by Gasteiger charge is -2.12. The molecule has 2 aromatic carbocycles. The van der Waals surface area contributed by atoms with Crippen molar-refractivity contribution in [3.63, 3.8) is 0 Å². The number of aromatic amines is 2. The van der Waals surface area contributed by atoms with E-state index in [-0.39, 0.29) is 27.5 Å². The molecule has 7 nitrogen and oxygen atoms in total. The molecule has 0 aliphatic heterocycles. The second-order valence-electron chi connectivity index (χ2n) is 7.78. The van der Waals surface area contributed by atoms with Crippen molar-refractivity contribution >= 4 is 39.5 Å². The van der Waals surface area contributed by atoms with Gasteiger partial charge in [-0.15, -0.1) is 0 Å². The Morgan fingerprint density at radius 2 is 1.89 bits per heavy atom. The third-order valence-electron chi connectivity index (χ3n) is 5.37. The van der Waals surface area contributed by atoms with Crippen LogP contribution in [0, 0.1) is 0 Å². The number of pyridine rings is 1. The van der Waals surface area contributed by atoms with Gasteiger partial charge in [-0.25, -0.2) is 9.97 Å². The SMILES string of the molecule is O=C(c1ccc(Oc2ccccc2)cc1Cl)c1c[nH]c2ncc3[nH]c(CC(O)C(F)(F)F)nc3c12. The summed E-state index contributed by atoms with van der Waals surface area (Å²) in [5, 5.41) is 9.88. The molecule has 1 unspecified atom stereocenters. The van der Waals surface area contributed by atoms with Crippen molar-refractivity contribution in [2.45, 2.75) is 18.7 Å². The molecule has 0 radical (unpaired) electrons. The summed E-state index contributed by atoms with van der Waals surface area (Å²) in [6, 6.07) is 13.7. The first-order valence-corrected chi connectivity index (χ1v) is 10.7. The molecule has 3 N–H and O–H groups in total. The van der Waals surface area contributed by atoms with Gasteiger partial charge in [0.25, 0.3) is 0 Å². The number of nitrogens with zero attached hydrogens (tertiary/aromatic N) is 2. The smallest absolute Gasteiger partial charge is 0.414 e. The van der Waals surface area contributed by atoms with E-state index in [0.717, 1.165) is 0 Å². The third kappa shape index (κ3) is 4.45. The van der Waals surface area contributed by atoms with Gasteiger partial charge in [0.15, 0.2) is 11.9 Å². The fourth-order valence-electron chi connectivity index (χ4n) is 3.69. The minimum Gasteiger partial charge on any atom is -0.457 e. The molecule has 0 fully saturated rings. The van der Waals surface area contributed by atoms with Gasteiger partial charge in [-0.05, 0) is 24.3 Å². The number of benzene rings is 2. The molecule has 0 aliphatic rings. The van der Waals surface area contributed by atoms with E-state index in [2.05, 4.69) is 19.9 Å². The highest BCUT2D eigenvalue weighted by atomic mass is 35.5. The number of carbonyl (C=O) groups excluding carboxylic acids is 1. The Morgan fingerprint density at radius 1 is 1.11 bits per heavy atom. The molecule has 0 amide bonds. The predicted molar refractivity (Wildman–Crippen MR) is 123 cm³/mol. The molecule has 178 valence electrons. The van der Waals surface area contributed by atoms with Crippen LogP contribution in [0.1, 0.15) is 21.7 Å². The van der Waals surface area contributed by atoms with Gasteiger partial charge >= 0.3 is 6.18 Å². The Labute approximate surface area is 200 Å². The topological polar surface area (TPSA) is 104 Å². The fourth-order valence-corrected chi connectivity index (χ4v) is 3.95. The van der Waals surface area contributed by atoms with Gasteiger partial charge in [-0.3, -0.25) is 4.79 Å². The summed E-state index contributed by atoms with van der Waals surface area (Å²) in [7, 11) is 0. The summed E-state index contributed by atoms with van der Waals surface area (Å²) in [5.41, 5.74) is 1.31. The van der Waals surface area contributed by atoms with E-state index in [1.54, 1.807) is 18.2 Å². The van der Waals surface area contributed by atoms with Gasteiger partial charge in [-0.1, -0.05) is 29.8 Å². The molecule has 5 rings (SSSR count). The number of aromatic nitrogens is 4. The summed E-state index contributed by atoms with van der Waals surface area (Å²) < 4.78 is 44.0. The highest BCUT2D eigenvalue weighted by Gasteiger charge is 2.38. The first-order chi connectivity index (χ1) is 16.7. The molecule has 11 heteroatoms. The van der Waals surface area contributed by atoms with Gasteiger partial charge in [0, 0.05) is 24.2 Å². The normalized spacial score (nSPS) is 12.8. The fraction of sp³-hybridized carbons (Fsp3) is 0.125. The van der Waals surface area contributed by atoms with Crippen molar-refractivity contribution in [3.8, 4) is 11.5 Å². The van der Waals surface area contributed by atoms with Crippen LogP contribution < -0.4 is 4.74 Å². The summed E-state index contributed by atoms with van der Waals surface area (Å²) in [6.07, 6.45) is -5.28.